The normalized spacial score (nSPS) is 13.7. The molecule has 1 heterocycles. The van der Waals surface area contributed by atoms with Crippen molar-refractivity contribution < 1.29 is 23.8 Å². The van der Waals surface area contributed by atoms with Crippen LogP contribution in [-0.4, -0.2) is 63.3 Å². The van der Waals surface area contributed by atoms with E-state index in [2.05, 4.69) is 4.90 Å². The van der Waals surface area contributed by atoms with Crippen LogP contribution in [-0.2, 0) is 9.53 Å². The van der Waals surface area contributed by atoms with Gasteiger partial charge in [-0.3, -0.25) is 4.79 Å². The zero-order valence-corrected chi connectivity index (χ0v) is 16.8. The summed E-state index contributed by atoms with van der Waals surface area (Å²) in [6.07, 6.45) is 0. The lowest BCUT2D eigenvalue weighted by atomic mass is 10.2. The molecule has 0 unspecified atom stereocenters. The third kappa shape index (κ3) is 5.40. The van der Waals surface area contributed by atoms with Gasteiger partial charge in [-0.2, -0.15) is 0 Å². The molecule has 0 aliphatic carbocycles. The number of anilines is 1. The van der Waals surface area contributed by atoms with Gasteiger partial charge in [0.15, 0.2) is 6.61 Å². The van der Waals surface area contributed by atoms with Crippen LogP contribution in [0.1, 0.15) is 17.3 Å². The highest BCUT2D eigenvalue weighted by molar-refractivity contribution is 5.89. The molecule has 0 saturated carbocycles. The van der Waals surface area contributed by atoms with E-state index >= 15 is 0 Å². The standard InChI is InChI=1S/C22H26N2O5/c1-3-28-22(26)17-4-8-20(9-5-17)29-16-21(25)24-14-12-23(13-15-24)18-6-10-19(27-2)11-7-18/h4-11H,3,12-16H2,1-2H3. The molecule has 1 saturated heterocycles. The third-order valence-electron chi connectivity index (χ3n) is 4.80. The van der Waals surface area contributed by atoms with Crippen LogP contribution in [0.15, 0.2) is 48.5 Å². The molecule has 29 heavy (non-hydrogen) atoms. The van der Waals surface area contributed by atoms with E-state index < -0.39 is 0 Å². The van der Waals surface area contributed by atoms with E-state index in [1.165, 1.54) is 0 Å². The van der Waals surface area contributed by atoms with E-state index in [0.29, 0.717) is 31.0 Å². The molecule has 1 fully saturated rings. The molecule has 7 nitrogen and oxygen atoms in total. The maximum absolute atomic E-state index is 12.5. The van der Waals surface area contributed by atoms with Crippen LogP contribution in [0.4, 0.5) is 5.69 Å². The summed E-state index contributed by atoms with van der Waals surface area (Å²) >= 11 is 0. The minimum atomic E-state index is -0.371. The van der Waals surface area contributed by atoms with Crippen molar-refractivity contribution in [3.63, 3.8) is 0 Å². The van der Waals surface area contributed by atoms with Crippen LogP contribution in [0, 0.1) is 0 Å². The van der Waals surface area contributed by atoms with Crippen LogP contribution in [0.25, 0.3) is 0 Å². The van der Waals surface area contributed by atoms with Gasteiger partial charge in [0.05, 0.1) is 19.3 Å². The average Bonchev–Trinajstić information content (AvgIpc) is 2.78. The Bertz CT molecular complexity index is 812. The number of amides is 1. The number of methoxy groups -OCH3 is 1. The van der Waals surface area contributed by atoms with Gasteiger partial charge < -0.3 is 24.0 Å². The van der Waals surface area contributed by atoms with E-state index in [4.69, 9.17) is 14.2 Å². The number of piperazine rings is 1. The number of esters is 1. The lowest BCUT2D eigenvalue weighted by Crippen LogP contribution is -2.50. The number of nitrogens with zero attached hydrogens (tertiary/aromatic N) is 2. The Kier molecular flexibility index (Phi) is 6.94. The van der Waals surface area contributed by atoms with Crippen molar-refractivity contribution in [3.8, 4) is 11.5 Å². The Balaban J connectivity index is 1.45. The SMILES string of the molecule is CCOC(=O)c1ccc(OCC(=O)N2CCN(c3ccc(OC)cc3)CC2)cc1. The van der Waals surface area contributed by atoms with Gasteiger partial charge in [-0.05, 0) is 55.5 Å². The molecule has 0 N–H and O–H groups in total. The second kappa shape index (κ2) is 9.82. The lowest BCUT2D eigenvalue weighted by molar-refractivity contribution is -0.133. The predicted octanol–water partition coefficient (Wildman–Crippen LogP) is 2.60. The molecular weight excluding hydrogens is 372 g/mol. The molecule has 0 spiro atoms. The summed E-state index contributed by atoms with van der Waals surface area (Å²) in [6.45, 7) is 4.90. The Morgan fingerprint density at radius 2 is 1.52 bits per heavy atom. The molecular formula is C22H26N2O5. The molecule has 7 heteroatoms. The summed E-state index contributed by atoms with van der Waals surface area (Å²) in [5, 5.41) is 0. The van der Waals surface area contributed by atoms with Crippen LogP contribution in [0.3, 0.4) is 0 Å². The van der Waals surface area contributed by atoms with Crippen molar-refractivity contribution in [3.05, 3.63) is 54.1 Å². The van der Waals surface area contributed by atoms with Gasteiger partial charge in [0.2, 0.25) is 0 Å². The average molecular weight is 398 g/mol. The Morgan fingerprint density at radius 1 is 0.897 bits per heavy atom. The molecule has 1 aliphatic heterocycles. The summed E-state index contributed by atoms with van der Waals surface area (Å²) in [7, 11) is 1.65. The van der Waals surface area contributed by atoms with E-state index in [1.54, 1.807) is 38.3 Å². The van der Waals surface area contributed by atoms with Crippen molar-refractivity contribution in [2.45, 2.75) is 6.92 Å². The first-order chi connectivity index (χ1) is 14.1. The first-order valence-corrected chi connectivity index (χ1v) is 9.67. The largest absolute Gasteiger partial charge is 0.497 e. The van der Waals surface area contributed by atoms with Gasteiger partial charge >= 0.3 is 5.97 Å². The quantitative estimate of drug-likeness (QED) is 0.668. The second-order valence-electron chi connectivity index (χ2n) is 6.60. The maximum atomic E-state index is 12.5. The van der Waals surface area contributed by atoms with E-state index in [9.17, 15) is 9.59 Å². The topological polar surface area (TPSA) is 68.3 Å². The molecule has 2 aromatic rings. The smallest absolute Gasteiger partial charge is 0.338 e. The highest BCUT2D eigenvalue weighted by Crippen LogP contribution is 2.20. The van der Waals surface area contributed by atoms with Gasteiger partial charge in [0.1, 0.15) is 11.5 Å². The lowest BCUT2D eigenvalue weighted by Gasteiger charge is -2.36. The molecule has 0 aromatic heterocycles. The van der Waals surface area contributed by atoms with Gasteiger partial charge in [0, 0.05) is 31.9 Å². The zero-order valence-electron chi connectivity index (χ0n) is 16.8. The molecule has 1 aliphatic rings. The summed E-state index contributed by atoms with van der Waals surface area (Å²) < 4.78 is 15.7. The fourth-order valence-electron chi connectivity index (χ4n) is 3.15. The fraction of sp³-hybridized carbons (Fsp3) is 0.364. The molecule has 3 rings (SSSR count). The van der Waals surface area contributed by atoms with E-state index in [1.807, 2.05) is 29.2 Å². The van der Waals surface area contributed by atoms with Crippen LogP contribution in [0.2, 0.25) is 0 Å². The Morgan fingerprint density at radius 3 is 2.10 bits per heavy atom. The second-order valence-corrected chi connectivity index (χ2v) is 6.60. The predicted molar refractivity (Wildman–Crippen MR) is 110 cm³/mol. The molecule has 1 amide bonds. The van der Waals surface area contributed by atoms with Crippen molar-refractivity contribution in [1.29, 1.82) is 0 Å². The number of rotatable bonds is 7. The van der Waals surface area contributed by atoms with Gasteiger partial charge in [-0.1, -0.05) is 0 Å². The van der Waals surface area contributed by atoms with Crippen molar-refractivity contribution in [2.75, 3.05) is 51.4 Å². The number of carbonyl (C=O) groups excluding carboxylic acids is 2. The number of ether oxygens (including phenoxy) is 3. The summed E-state index contributed by atoms with van der Waals surface area (Å²) in [4.78, 5) is 28.2. The van der Waals surface area contributed by atoms with Gasteiger partial charge in [-0.15, -0.1) is 0 Å². The molecule has 0 atom stereocenters. The highest BCUT2D eigenvalue weighted by Gasteiger charge is 2.21. The zero-order chi connectivity index (χ0) is 20.6. The van der Waals surface area contributed by atoms with Crippen molar-refractivity contribution in [1.82, 2.24) is 4.90 Å². The van der Waals surface area contributed by atoms with Gasteiger partial charge in [-0.25, -0.2) is 4.79 Å². The number of carbonyl (C=O) groups is 2. The summed E-state index contributed by atoms with van der Waals surface area (Å²) in [5.74, 6) is 0.956. The molecule has 0 radical (unpaired) electrons. The number of benzene rings is 2. The Hall–Kier alpha value is -3.22. The van der Waals surface area contributed by atoms with Crippen molar-refractivity contribution >= 4 is 17.6 Å². The molecule has 2 aromatic carbocycles. The minimum absolute atomic E-state index is 0.0265. The molecule has 0 bridgehead atoms. The van der Waals surface area contributed by atoms with Crippen LogP contribution in [0.5, 0.6) is 11.5 Å². The van der Waals surface area contributed by atoms with E-state index in [-0.39, 0.29) is 18.5 Å². The highest BCUT2D eigenvalue weighted by atomic mass is 16.5. The first-order valence-electron chi connectivity index (χ1n) is 9.67. The minimum Gasteiger partial charge on any atom is -0.497 e. The third-order valence-corrected chi connectivity index (χ3v) is 4.80. The van der Waals surface area contributed by atoms with Gasteiger partial charge in [0.25, 0.3) is 5.91 Å². The number of hydrogen-bond donors (Lipinski definition) is 0. The summed E-state index contributed by atoms with van der Waals surface area (Å²) in [5.41, 5.74) is 1.58. The maximum Gasteiger partial charge on any atom is 0.338 e. The molecule has 154 valence electrons. The first kappa shape index (κ1) is 20.5. The van der Waals surface area contributed by atoms with Crippen molar-refractivity contribution in [2.24, 2.45) is 0 Å². The van der Waals surface area contributed by atoms with E-state index in [0.717, 1.165) is 24.5 Å². The monoisotopic (exact) mass is 398 g/mol. The number of hydrogen-bond acceptors (Lipinski definition) is 6. The fourth-order valence-corrected chi connectivity index (χ4v) is 3.15. The van der Waals surface area contributed by atoms with Crippen LogP contribution < -0.4 is 14.4 Å². The Labute approximate surface area is 170 Å². The summed E-state index contributed by atoms with van der Waals surface area (Å²) in [6, 6.07) is 14.5. The van der Waals surface area contributed by atoms with Crippen LogP contribution >= 0.6 is 0 Å².